The van der Waals surface area contributed by atoms with Crippen molar-refractivity contribution in [2.24, 2.45) is 0 Å². The van der Waals surface area contributed by atoms with Crippen molar-refractivity contribution in [1.29, 1.82) is 0 Å². The van der Waals surface area contributed by atoms with Gasteiger partial charge in [0.05, 0.1) is 6.20 Å². The number of carbonyl (C=O) groups is 1. The van der Waals surface area contributed by atoms with E-state index in [1.54, 1.807) is 0 Å². The highest BCUT2D eigenvalue weighted by Crippen LogP contribution is 2.26. The number of aromatic nitrogens is 5. The number of benzene rings is 1. The molecular weight excluding hydrogens is 292 g/mol. The van der Waals surface area contributed by atoms with Crippen molar-refractivity contribution in [3.8, 4) is 11.4 Å². The zero-order valence-corrected chi connectivity index (χ0v) is 12.3. The molecule has 0 saturated heterocycles. The molecule has 2 heterocycles. The average molecular weight is 306 g/mol. The van der Waals surface area contributed by atoms with Crippen molar-refractivity contribution in [2.75, 3.05) is 5.32 Å². The molecule has 1 aliphatic carbocycles. The minimum absolute atomic E-state index is 0.219. The number of nitrogens with zero attached hydrogens (tertiary/aromatic N) is 4. The van der Waals surface area contributed by atoms with E-state index in [9.17, 15) is 4.79 Å². The summed E-state index contributed by atoms with van der Waals surface area (Å²) in [5, 5.41) is 9.50. The number of hydrogen-bond donors (Lipinski definition) is 2. The van der Waals surface area contributed by atoms with Gasteiger partial charge in [-0.15, -0.1) is 5.10 Å². The van der Waals surface area contributed by atoms with Crippen LogP contribution in [0.3, 0.4) is 0 Å². The van der Waals surface area contributed by atoms with Gasteiger partial charge in [0.25, 0.3) is 5.91 Å². The molecule has 2 N–H and O–H groups in total. The van der Waals surface area contributed by atoms with E-state index in [2.05, 4.69) is 42.6 Å². The first-order valence-corrected chi connectivity index (χ1v) is 7.41. The summed E-state index contributed by atoms with van der Waals surface area (Å²) in [5.74, 6) is 0.461. The first-order chi connectivity index (χ1) is 11.3. The van der Waals surface area contributed by atoms with Crippen LogP contribution in [-0.2, 0) is 12.8 Å². The number of hydrogen-bond acceptors (Lipinski definition) is 5. The molecule has 114 valence electrons. The van der Waals surface area contributed by atoms with Crippen LogP contribution in [0, 0.1) is 0 Å². The molecule has 0 saturated carbocycles. The average Bonchev–Trinajstić information content (AvgIpc) is 3.23. The van der Waals surface area contributed by atoms with Gasteiger partial charge in [-0.3, -0.25) is 20.2 Å². The van der Waals surface area contributed by atoms with E-state index in [-0.39, 0.29) is 11.6 Å². The van der Waals surface area contributed by atoms with Crippen LogP contribution in [0.25, 0.3) is 11.4 Å². The predicted octanol–water partition coefficient (Wildman–Crippen LogP) is 2.00. The minimum atomic E-state index is -0.391. The van der Waals surface area contributed by atoms with E-state index in [4.69, 9.17) is 0 Å². The maximum absolute atomic E-state index is 12.0. The van der Waals surface area contributed by atoms with Crippen LogP contribution in [0.2, 0.25) is 0 Å². The van der Waals surface area contributed by atoms with Gasteiger partial charge in [0.15, 0.2) is 5.82 Å². The molecule has 2 aromatic heterocycles. The number of aromatic amines is 1. The first kappa shape index (κ1) is 13.6. The molecular formula is C16H14N6O. The molecule has 1 aromatic carbocycles. The summed E-state index contributed by atoms with van der Waals surface area (Å²) in [7, 11) is 0. The topological polar surface area (TPSA) is 96.5 Å². The Morgan fingerprint density at radius 3 is 2.96 bits per heavy atom. The highest BCUT2D eigenvalue weighted by molar-refractivity contribution is 6.01. The van der Waals surface area contributed by atoms with Crippen LogP contribution in [0.4, 0.5) is 5.95 Å². The van der Waals surface area contributed by atoms with Crippen LogP contribution in [0.5, 0.6) is 0 Å². The molecule has 0 bridgehead atoms. The van der Waals surface area contributed by atoms with Crippen molar-refractivity contribution >= 4 is 11.9 Å². The van der Waals surface area contributed by atoms with Gasteiger partial charge in [-0.1, -0.05) is 12.1 Å². The van der Waals surface area contributed by atoms with Crippen LogP contribution in [0.15, 0.2) is 36.8 Å². The lowest BCUT2D eigenvalue weighted by atomic mass is 10.1. The quantitative estimate of drug-likeness (QED) is 0.771. The van der Waals surface area contributed by atoms with E-state index in [1.165, 1.54) is 36.1 Å². The number of carbonyl (C=O) groups excluding carboxylic acids is 1. The fraction of sp³-hybridized carbons (Fsp3) is 0.188. The van der Waals surface area contributed by atoms with Crippen LogP contribution < -0.4 is 5.32 Å². The second-order valence-corrected chi connectivity index (χ2v) is 5.39. The van der Waals surface area contributed by atoms with E-state index < -0.39 is 5.91 Å². The number of nitrogens with one attached hydrogen (secondary N) is 2. The highest BCUT2D eigenvalue weighted by atomic mass is 16.2. The molecule has 0 unspecified atom stereocenters. The molecule has 0 aliphatic heterocycles. The van der Waals surface area contributed by atoms with Gasteiger partial charge in [-0.05, 0) is 36.5 Å². The number of fused-ring (bicyclic) bond motifs is 1. The van der Waals surface area contributed by atoms with Crippen LogP contribution in [-0.4, -0.2) is 31.1 Å². The number of anilines is 1. The summed E-state index contributed by atoms with van der Waals surface area (Å²) in [5.41, 5.74) is 3.96. The Morgan fingerprint density at radius 1 is 1.17 bits per heavy atom. The summed E-state index contributed by atoms with van der Waals surface area (Å²) < 4.78 is 0. The molecule has 0 fully saturated rings. The SMILES string of the molecule is O=C(Nc1n[nH]c(-c2ccc3c(c2)CCC3)n1)c1cnccn1. The third-order valence-corrected chi connectivity index (χ3v) is 3.88. The Labute approximate surface area is 132 Å². The third kappa shape index (κ3) is 2.68. The van der Waals surface area contributed by atoms with E-state index in [0.29, 0.717) is 5.82 Å². The predicted molar refractivity (Wildman–Crippen MR) is 83.8 cm³/mol. The molecule has 1 aliphatic rings. The van der Waals surface area contributed by atoms with Crippen molar-refractivity contribution in [3.63, 3.8) is 0 Å². The summed E-state index contributed by atoms with van der Waals surface area (Å²) in [6.07, 6.45) is 7.81. The molecule has 4 rings (SSSR count). The van der Waals surface area contributed by atoms with Gasteiger partial charge in [-0.25, -0.2) is 4.98 Å². The maximum atomic E-state index is 12.0. The zero-order valence-electron chi connectivity index (χ0n) is 12.3. The number of amides is 1. The first-order valence-electron chi connectivity index (χ1n) is 7.41. The Morgan fingerprint density at radius 2 is 2.09 bits per heavy atom. The van der Waals surface area contributed by atoms with Gasteiger partial charge in [-0.2, -0.15) is 4.98 Å². The fourth-order valence-corrected chi connectivity index (χ4v) is 2.75. The Kier molecular flexibility index (Phi) is 3.30. The van der Waals surface area contributed by atoms with Crippen LogP contribution in [0.1, 0.15) is 28.0 Å². The lowest BCUT2D eigenvalue weighted by Crippen LogP contribution is -2.14. The van der Waals surface area contributed by atoms with E-state index >= 15 is 0 Å². The molecule has 0 atom stereocenters. The Bertz CT molecular complexity index is 858. The Balaban J connectivity index is 1.54. The van der Waals surface area contributed by atoms with Crippen molar-refractivity contribution in [1.82, 2.24) is 25.1 Å². The fourth-order valence-electron chi connectivity index (χ4n) is 2.75. The molecule has 23 heavy (non-hydrogen) atoms. The highest BCUT2D eigenvalue weighted by Gasteiger charge is 2.15. The lowest BCUT2D eigenvalue weighted by Gasteiger charge is -2.01. The standard InChI is InChI=1S/C16H14N6O/c23-15(13-9-17-6-7-18-13)20-16-19-14(21-22-16)12-5-4-10-2-1-3-11(10)8-12/h4-9H,1-3H2,(H2,19,20,21,22,23). The van der Waals surface area contributed by atoms with Gasteiger partial charge in [0, 0.05) is 18.0 Å². The van der Waals surface area contributed by atoms with Crippen LogP contribution >= 0.6 is 0 Å². The normalized spacial score (nSPS) is 12.9. The molecule has 7 nitrogen and oxygen atoms in total. The van der Waals surface area contributed by atoms with Crippen molar-refractivity contribution < 1.29 is 4.79 Å². The second-order valence-electron chi connectivity index (χ2n) is 5.39. The molecule has 1 amide bonds. The van der Waals surface area contributed by atoms with Gasteiger partial charge < -0.3 is 0 Å². The van der Waals surface area contributed by atoms with E-state index in [0.717, 1.165) is 18.4 Å². The zero-order chi connectivity index (χ0) is 15.6. The summed E-state index contributed by atoms with van der Waals surface area (Å²) in [6.45, 7) is 0. The number of aryl methyl sites for hydroxylation is 2. The summed E-state index contributed by atoms with van der Waals surface area (Å²) in [6, 6.07) is 6.30. The number of rotatable bonds is 3. The van der Waals surface area contributed by atoms with E-state index in [1.807, 2.05) is 6.07 Å². The molecule has 0 radical (unpaired) electrons. The van der Waals surface area contributed by atoms with Gasteiger partial charge >= 0.3 is 0 Å². The van der Waals surface area contributed by atoms with Gasteiger partial charge in [0.1, 0.15) is 5.69 Å². The molecule has 0 spiro atoms. The largest absolute Gasteiger partial charge is 0.288 e. The van der Waals surface area contributed by atoms with Crippen molar-refractivity contribution in [3.05, 3.63) is 53.6 Å². The monoisotopic (exact) mass is 306 g/mol. The van der Waals surface area contributed by atoms with Gasteiger partial charge in [0.2, 0.25) is 5.95 Å². The minimum Gasteiger partial charge on any atom is -0.288 e. The summed E-state index contributed by atoms with van der Waals surface area (Å²) >= 11 is 0. The smallest absolute Gasteiger partial charge is 0.278 e. The molecule has 7 heteroatoms. The molecule has 3 aromatic rings. The summed E-state index contributed by atoms with van der Waals surface area (Å²) in [4.78, 5) is 24.1. The lowest BCUT2D eigenvalue weighted by molar-refractivity contribution is 0.102. The third-order valence-electron chi connectivity index (χ3n) is 3.88. The van der Waals surface area contributed by atoms with Crippen molar-refractivity contribution in [2.45, 2.75) is 19.3 Å². The second kappa shape index (κ2) is 5.60. The maximum Gasteiger partial charge on any atom is 0.278 e. The number of H-pyrrole nitrogens is 1. The Hall–Kier alpha value is -3.09.